The predicted octanol–water partition coefficient (Wildman–Crippen LogP) is -2.88. The zero-order valence-corrected chi connectivity index (χ0v) is 9.83. The van der Waals surface area contributed by atoms with Crippen molar-refractivity contribution in [3.8, 4) is 0 Å². The largest absolute Gasteiger partial charge is 1.00 e. The van der Waals surface area contributed by atoms with Gasteiger partial charge < -0.3 is 9.90 Å². The van der Waals surface area contributed by atoms with Gasteiger partial charge in [-0.2, -0.15) is 0 Å². The van der Waals surface area contributed by atoms with E-state index < -0.39 is 11.8 Å². The third kappa shape index (κ3) is 3.78. The number of carboxylic acid groups (broad SMARTS) is 1. The van der Waals surface area contributed by atoms with Gasteiger partial charge in [0.2, 0.25) is 0 Å². The average Bonchev–Trinajstić information content (AvgIpc) is 1.93. The zero-order valence-electron chi connectivity index (χ0n) is 6.71. The first-order chi connectivity index (χ1) is 5.20. The van der Waals surface area contributed by atoms with Crippen molar-refractivity contribution in [3.63, 3.8) is 0 Å². The summed E-state index contributed by atoms with van der Waals surface area (Å²) in [4.78, 5) is 10.0. The van der Waals surface area contributed by atoms with E-state index in [9.17, 15) is 14.3 Å². The zero-order chi connectivity index (χ0) is 8.27. The number of rotatable bonds is 2. The SMILES string of the molecule is O=C([O-])Cc1ccccc1F.[K+]. The maximum Gasteiger partial charge on any atom is 1.00 e. The second kappa shape index (κ2) is 5.83. The van der Waals surface area contributed by atoms with Gasteiger partial charge in [0, 0.05) is 12.4 Å². The molecule has 0 aliphatic rings. The second-order valence-corrected chi connectivity index (χ2v) is 2.14. The molecule has 0 N–H and O–H groups in total. The Bertz CT molecular complexity index is 276. The Hall–Kier alpha value is 0.256. The third-order valence-electron chi connectivity index (χ3n) is 1.29. The normalized spacial score (nSPS) is 8.75. The Morgan fingerprint density at radius 2 is 2.00 bits per heavy atom. The Morgan fingerprint density at radius 3 is 2.50 bits per heavy atom. The molecule has 58 valence electrons. The molecule has 0 bridgehead atoms. The average molecular weight is 192 g/mol. The molecule has 0 saturated carbocycles. The molecule has 1 rings (SSSR count). The molecule has 0 aromatic heterocycles. The van der Waals surface area contributed by atoms with Crippen molar-refractivity contribution in [2.24, 2.45) is 0 Å². The molecule has 0 aliphatic heterocycles. The fourth-order valence-corrected chi connectivity index (χ4v) is 0.797. The van der Waals surface area contributed by atoms with Gasteiger partial charge in [0.05, 0.1) is 0 Å². The molecule has 0 spiro atoms. The Morgan fingerprint density at radius 1 is 1.42 bits per heavy atom. The van der Waals surface area contributed by atoms with Crippen LogP contribution in [0, 0.1) is 5.82 Å². The minimum absolute atomic E-state index is 0. The van der Waals surface area contributed by atoms with Gasteiger partial charge in [-0.1, -0.05) is 18.2 Å². The summed E-state index contributed by atoms with van der Waals surface area (Å²) < 4.78 is 12.7. The van der Waals surface area contributed by atoms with Crippen LogP contribution >= 0.6 is 0 Å². The molecule has 0 heterocycles. The summed E-state index contributed by atoms with van der Waals surface area (Å²) in [6.45, 7) is 0. The van der Waals surface area contributed by atoms with Crippen LogP contribution in [-0.4, -0.2) is 5.97 Å². The van der Waals surface area contributed by atoms with Gasteiger partial charge >= 0.3 is 51.4 Å². The molecule has 12 heavy (non-hydrogen) atoms. The van der Waals surface area contributed by atoms with Crippen LogP contribution in [0.15, 0.2) is 24.3 Å². The molecule has 0 amide bonds. The van der Waals surface area contributed by atoms with Crippen LogP contribution in [0.2, 0.25) is 0 Å². The van der Waals surface area contributed by atoms with E-state index >= 15 is 0 Å². The van der Waals surface area contributed by atoms with E-state index in [0.29, 0.717) is 0 Å². The van der Waals surface area contributed by atoms with Crippen molar-refractivity contribution in [2.45, 2.75) is 6.42 Å². The van der Waals surface area contributed by atoms with Crippen LogP contribution in [0.1, 0.15) is 5.56 Å². The summed E-state index contributed by atoms with van der Waals surface area (Å²) in [6, 6.07) is 5.73. The van der Waals surface area contributed by atoms with E-state index in [1.54, 1.807) is 6.07 Å². The van der Waals surface area contributed by atoms with Crippen LogP contribution in [0.4, 0.5) is 4.39 Å². The van der Waals surface area contributed by atoms with Gasteiger partial charge in [0.1, 0.15) is 5.82 Å². The van der Waals surface area contributed by atoms with Crippen LogP contribution in [0.25, 0.3) is 0 Å². The summed E-state index contributed by atoms with van der Waals surface area (Å²) in [5, 5.41) is 10.0. The number of aliphatic carboxylic acids is 1. The summed E-state index contributed by atoms with van der Waals surface area (Å²) >= 11 is 0. The quantitative estimate of drug-likeness (QED) is 0.472. The maximum absolute atomic E-state index is 12.7. The van der Waals surface area contributed by atoms with Gasteiger partial charge in [-0.3, -0.25) is 0 Å². The number of carboxylic acids is 1. The summed E-state index contributed by atoms with van der Waals surface area (Å²) in [7, 11) is 0. The maximum atomic E-state index is 12.7. The number of hydrogen-bond acceptors (Lipinski definition) is 2. The van der Waals surface area contributed by atoms with Crippen molar-refractivity contribution in [1.82, 2.24) is 0 Å². The van der Waals surface area contributed by atoms with Crippen LogP contribution < -0.4 is 56.5 Å². The molecule has 0 atom stereocenters. The first-order valence-corrected chi connectivity index (χ1v) is 3.13. The van der Waals surface area contributed by atoms with Crippen molar-refractivity contribution in [3.05, 3.63) is 35.6 Å². The fraction of sp³-hybridized carbons (Fsp3) is 0.125. The standard InChI is InChI=1S/C8H7FO2.K/c9-7-4-2-1-3-6(7)5-8(10)11;/h1-4H,5H2,(H,10,11);/q;+1/p-1. The number of halogens is 1. The molecule has 4 heteroatoms. The van der Waals surface area contributed by atoms with Gasteiger partial charge in [-0.15, -0.1) is 0 Å². The molecule has 0 radical (unpaired) electrons. The van der Waals surface area contributed by atoms with E-state index in [0.717, 1.165) is 0 Å². The molecule has 1 aromatic rings. The van der Waals surface area contributed by atoms with Crippen LogP contribution in [-0.2, 0) is 11.2 Å². The molecular formula is C8H6FKO2. The van der Waals surface area contributed by atoms with Crippen molar-refractivity contribution >= 4 is 5.97 Å². The molecule has 0 unspecified atom stereocenters. The van der Waals surface area contributed by atoms with Crippen LogP contribution in [0.5, 0.6) is 0 Å². The minimum atomic E-state index is -1.27. The molecule has 0 aliphatic carbocycles. The Kier molecular flexibility index (Phi) is 5.95. The van der Waals surface area contributed by atoms with E-state index in [2.05, 4.69) is 0 Å². The van der Waals surface area contributed by atoms with Gasteiger partial charge in [-0.25, -0.2) is 4.39 Å². The predicted molar refractivity (Wildman–Crippen MR) is 35.1 cm³/mol. The number of benzene rings is 1. The second-order valence-electron chi connectivity index (χ2n) is 2.14. The molecule has 0 saturated heterocycles. The monoisotopic (exact) mass is 192 g/mol. The van der Waals surface area contributed by atoms with Gasteiger partial charge in [0.25, 0.3) is 0 Å². The summed E-state index contributed by atoms with van der Waals surface area (Å²) in [5.74, 6) is -1.77. The number of carbonyl (C=O) groups is 1. The summed E-state index contributed by atoms with van der Waals surface area (Å²) in [6.07, 6.45) is -0.368. The van der Waals surface area contributed by atoms with E-state index in [1.807, 2.05) is 0 Å². The first kappa shape index (κ1) is 12.3. The minimum Gasteiger partial charge on any atom is -0.550 e. The van der Waals surface area contributed by atoms with Gasteiger partial charge in [0.15, 0.2) is 0 Å². The van der Waals surface area contributed by atoms with Crippen molar-refractivity contribution in [1.29, 1.82) is 0 Å². The molecule has 0 fully saturated rings. The van der Waals surface area contributed by atoms with Crippen molar-refractivity contribution in [2.75, 3.05) is 0 Å². The van der Waals surface area contributed by atoms with E-state index in [-0.39, 0.29) is 63.4 Å². The molecule has 1 aromatic carbocycles. The Labute approximate surface area is 112 Å². The van der Waals surface area contributed by atoms with E-state index in [1.165, 1.54) is 18.2 Å². The van der Waals surface area contributed by atoms with Crippen LogP contribution in [0.3, 0.4) is 0 Å². The number of hydrogen-bond donors (Lipinski definition) is 0. The van der Waals surface area contributed by atoms with Crippen molar-refractivity contribution < 1.29 is 65.7 Å². The smallest absolute Gasteiger partial charge is 0.550 e. The summed E-state index contributed by atoms with van der Waals surface area (Å²) in [5.41, 5.74) is 0.160. The molecular weight excluding hydrogens is 186 g/mol. The third-order valence-corrected chi connectivity index (χ3v) is 1.29. The number of carbonyl (C=O) groups excluding carboxylic acids is 1. The fourth-order valence-electron chi connectivity index (χ4n) is 0.797. The topological polar surface area (TPSA) is 40.1 Å². The van der Waals surface area contributed by atoms with E-state index in [4.69, 9.17) is 0 Å². The van der Waals surface area contributed by atoms with Gasteiger partial charge in [-0.05, 0) is 11.6 Å². The first-order valence-electron chi connectivity index (χ1n) is 3.13. The Balaban J connectivity index is 0.00000121. The molecule has 2 nitrogen and oxygen atoms in total.